The number of rotatable bonds is 3. The number of hydrogen-bond acceptors (Lipinski definition) is 1. The first-order valence-corrected chi connectivity index (χ1v) is 5.97. The van der Waals surface area contributed by atoms with Crippen LogP contribution in [0.25, 0.3) is 10.9 Å². The summed E-state index contributed by atoms with van der Waals surface area (Å²) in [7, 11) is 0. The zero-order valence-electron chi connectivity index (χ0n) is 10.3. The highest BCUT2D eigenvalue weighted by Crippen LogP contribution is 2.09. The Balaban J connectivity index is 2.40. The van der Waals surface area contributed by atoms with E-state index in [0.29, 0.717) is 0 Å². The molecule has 1 N–H and O–H groups in total. The molecule has 2 nitrogen and oxygen atoms in total. The van der Waals surface area contributed by atoms with Gasteiger partial charge in [0.2, 0.25) is 0 Å². The zero-order chi connectivity index (χ0) is 12.3. The van der Waals surface area contributed by atoms with Crippen molar-refractivity contribution in [3.05, 3.63) is 57.9 Å². The van der Waals surface area contributed by atoms with Crippen LogP contribution in [0.3, 0.4) is 0 Å². The minimum atomic E-state index is 0.0944. The van der Waals surface area contributed by atoms with Crippen molar-refractivity contribution in [2.24, 2.45) is 0 Å². The quantitative estimate of drug-likeness (QED) is 0.801. The van der Waals surface area contributed by atoms with Gasteiger partial charge >= 0.3 is 0 Å². The van der Waals surface area contributed by atoms with Crippen molar-refractivity contribution in [3.63, 3.8) is 0 Å². The molecule has 0 amide bonds. The van der Waals surface area contributed by atoms with Crippen molar-refractivity contribution < 1.29 is 0 Å². The number of aromatic nitrogens is 1. The predicted octanol–water partition coefficient (Wildman–Crippen LogP) is 3.43. The molecule has 0 aliphatic rings. The van der Waals surface area contributed by atoms with Gasteiger partial charge in [-0.05, 0) is 25.5 Å². The van der Waals surface area contributed by atoms with E-state index in [1.54, 1.807) is 6.07 Å². The van der Waals surface area contributed by atoms with Crippen LogP contribution in [0.1, 0.15) is 26.0 Å². The number of hydrogen-bond donors (Lipinski definition) is 1. The van der Waals surface area contributed by atoms with E-state index in [1.165, 1.54) is 5.57 Å². The second-order valence-corrected chi connectivity index (χ2v) is 4.31. The smallest absolute Gasteiger partial charge is 0.189 e. The Morgan fingerprint density at radius 2 is 2.12 bits per heavy atom. The van der Waals surface area contributed by atoms with E-state index >= 15 is 0 Å². The van der Waals surface area contributed by atoms with Crippen LogP contribution in [0, 0.1) is 0 Å². The van der Waals surface area contributed by atoms with Gasteiger partial charge in [-0.2, -0.15) is 0 Å². The largest absolute Gasteiger partial charge is 0.358 e. The molecule has 2 heteroatoms. The van der Waals surface area contributed by atoms with Crippen molar-refractivity contribution >= 4 is 10.9 Å². The van der Waals surface area contributed by atoms with Crippen molar-refractivity contribution in [3.8, 4) is 0 Å². The van der Waals surface area contributed by atoms with E-state index in [0.717, 1.165) is 29.4 Å². The van der Waals surface area contributed by atoms with Crippen molar-refractivity contribution in [2.75, 3.05) is 0 Å². The van der Waals surface area contributed by atoms with Crippen LogP contribution < -0.4 is 5.43 Å². The molecular weight excluding hydrogens is 210 g/mol. The molecule has 1 aromatic carbocycles. The van der Waals surface area contributed by atoms with E-state index in [9.17, 15) is 4.79 Å². The minimum absolute atomic E-state index is 0.0944. The van der Waals surface area contributed by atoms with E-state index in [-0.39, 0.29) is 5.43 Å². The second-order valence-electron chi connectivity index (χ2n) is 4.31. The molecule has 0 aliphatic carbocycles. The first-order valence-electron chi connectivity index (χ1n) is 5.97. The van der Waals surface area contributed by atoms with Gasteiger partial charge < -0.3 is 4.98 Å². The number of H-pyrrole nitrogens is 1. The Morgan fingerprint density at radius 1 is 1.35 bits per heavy atom. The third kappa shape index (κ3) is 2.64. The lowest BCUT2D eigenvalue weighted by Crippen LogP contribution is -2.04. The molecule has 0 unspecified atom stereocenters. The van der Waals surface area contributed by atoms with E-state index < -0.39 is 0 Å². The first kappa shape index (κ1) is 11.6. The van der Waals surface area contributed by atoms with E-state index in [1.807, 2.05) is 24.3 Å². The van der Waals surface area contributed by atoms with Gasteiger partial charge in [0.25, 0.3) is 0 Å². The third-order valence-corrected chi connectivity index (χ3v) is 3.02. The van der Waals surface area contributed by atoms with Gasteiger partial charge in [0.15, 0.2) is 5.43 Å². The summed E-state index contributed by atoms with van der Waals surface area (Å²) in [5, 5.41) is 0.757. The molecule has 0 saturated heterocycles. The molecule has 0 atom stereocenters. The van der Waals surface area contributed by atoms with Crippen LogP contribution >= 0.6 is 0 Å². The lowest BCUT2D eigenvalue weighted by Gasteiger charge is -2.02. The van der Waals surface area contributed by atoms with Gasteiger partial charge in [-0.3, -0.25) is 4.79 Å². The third-order valence-electron chi connectivity index (χ3n) is 3.02. The Bertz CT molecular complexity index is 608. The lowest BCUT2D eigenvalue weighted by molar-refractivity contribution is 1.05. The second kappa shape index (κ2) is 5.00. The van der Waals surface area contributed by atoms with Crippen LogP contribution in [0.15, 0.2) is 46.8 Å². The average molecular weight is 227 g/mol. The highest BCUT2D eigenvalue weighted by Gasteiger charge is 2.00. The molecule has 1 aromatic heterocycles. The molecule has 17 heavy (non-hydrogen) atoms. The van der Waals surface area contributed by atoms with Gasteiger partial charge in [0.05, 0.1) is 0 Å². The summed E-state index contributed by atoms with van der Waals surface area (Å²) < 4.78 is 0. The van der Waals surface area contributed by atoms with Crippen LogP contribution in [-0.4, -0.2) is 4.98 Å². The molecule has 0 saturated carbocycles. The maximum absolute atomic E-state index is 11.9. The van der Waals surface area contributed by atoms with Crippen LogP contribution in [0.2, 0.25) is 0 Å². The Hall–Kier alpha value is -1.83. The number of allylic oxidation sites excluding steroid dienone is 2. The molecule has 0 fully saturated rings. The summed E-state index contributed by atoms with van der Waals surface area (Å²) in [6, 6.07) is 9.32. The Labute approximate surface area is 101 Å². The maximum atomic E-state index is 11.9. The summed E-state index contributed by atoms with van der Waals surface area (Å²) in [5.41, 5.74) is 3.33. The number of nitrogens with one attached hydrogen (secondary N) is 1. The van der Waals surface area contributed by atoms with Crippen molar-refractivity contribution in [1.29, 1.82) is 0 Å². The van der Waals surface area contributed by atoms with Gasteiger partial charge in [0, 0.05) is 29.1 Å². The lowest BCUT2D eigenvalue weighted by atomic mass is 10.1. The first-order chi connectivity index (χ1) is 8.20. The Morgan fingerprint density at radius 3 is 2.88 bits per heavy atom. The molecule has 0 aliphatic heterocycles. The molecule has 2 rings (SSSR count). The topological polar surface area (TPSA) is 32.9 Å². The van der Waals surface area contributed by atoms with Gasteiger partial charge in [0.1, 0.15) is 0 Å². The molecule has 1 heterocycles. The van der Waals surface area contributed by atoms with Crippen LogP contribution in [0.5, 0.6) is 0 Å². The Kier molecular flexibility index (Phi) is 3.43. The molecule has 2 aromatic rings. The SMILES string of the molecule is CC/C(C)=C/Cc1cc(=O)c2ccccc2[nH]1. The molecule has 88 valence electrons. The number of aromatic amines is 1. The monoisotopic (exact) mass is 227 g/mol. The van der Waals surface area contributed by atoms with Crippen LogP contribution in [0.4, 0.5) is 0 Å². The standard InChI is InChI=1S/C15H17NO/c1-3-11(2)8-9-12-10-15(17)13-6-4-5-7-14(13)16-12/h4-8,10H,3,9H2,1-2H3,(H,16,17)/b11-8+. The summed E-state index contributed by atoms with van der Waals surface area (Å²) in [6.45, 7) is 4.24. The fourth-order valence-corrected chi connectivity index (χ4v) is 1.79. The summed E-state index contributed by atoms with van der Waals surface area (Å²) in [6.07, 6.45) is 4.01. The van der Waals surface area contributed by atoms with Gasteiger partial charge in [-0.1, -0.05) is 30.7 Å². The molecular formula is C15H17NO. The molecule has 0 bridgehead atoms. The predicted molar refractivity (Wildman–Crippen MR) is 72.3 cm³/mol. The number of pyridine rings is 1. The van der Waals surface area contributed by atoms with Crippen LogP contribution in [-0.2, 0) is 6.42 Å². The number of benzene rings is 1. The molecule has 0 radical (unpaired) electrons. The number of para-hydroxylation sites is 1. The minimum Gasteiger partial charge on any atom is -0.358 e. The normalized spacial score (nSPS) is 12.0. The molecule has 0 spiro atoms. The average Bonchev–Trinajstić information content (AvgIpc) is 2.36. The highest BCUT2D eigenvalue weighted by molar-refractivity contribution is 5.78. The fraction of sp³-hybridized carbons (Fsp3) is 0.267. The fourth-order valence-electron chi connectivity index (χ4n) is 1.79. The van der Waals surface area contributed by atoms with Gasteiger partial charge in [-0.15, -0.1) is 0 Å². The number of fused-ring (bicyclic) bond motifs is 1. The van der Waals surface area contributed by atoms with Crippen molar-refractivity contribution in [1.82, 2.24) is 4.98 Å². The van der Waals surface area contributed by atoms with E-state index in [2.05, 4.69) is 24.9 Å². The zero-order valence-corrected chi connectivity index (χ0v) is 10.3. The highest BCUT2D eigenvalue weighted by atomic mass is 16.1. The van der Waals surface area contributed by atoms with E-state index in [4.69, 9.17) is 0 Å². The maximum Gasteiger partial charge on any atom is 0.189 e. The van der Waals surface area contributed by atoms with Gasteiger partial charge in [-0.25, -0.2) is 0 Å². The summed E-state index contributed by atoms with van der Waals surface area (Å²) in [4.78, 5) is 15.2. The summed E-state index contributed by atoms with van der Waals surface area (Å²) in [5.74, 6) is 0. The summed E-state index contributed by atoms with van der Waals surface area (Å²) >= 11 is 0. The van der Waals surface area contributed by atoms with Crippen molar-refractivity contribution in [2.45, 2.75) is 26.7 Å².